The summed E-state index contributed by atoms with van der Waals surface area (Å²) < 4.78 is 26.6. The van der Waals surface area contributed by atoms with Crippen LogP contribution >= 0.6 is 11.6 Å². The molecule has 0 aliphatic carbocycles. The number of halogens is 1. The number of nitro benzene ring substituents is 1. The van der Waals surface area contributed by atoms with Gasteiger partial charge in [-0.2, -0.15) is 0 Å². The first kappa shape index (κ1) is 22.4. The Bertz CT molecular complexity index is 1020. The average molecular weight is 450 g/mol. The van der Waals surface area contributed by atoms with Gasteiger partial charge in [-0.3, -0.25) is 10.1 Å². The Balaban J connectivity index is 1.73. The van der Waals surface area contributed by atoms with Crippen molar-refractivity contribution in [3.63, 3.8) is 0 Å². The van der Waals surface area contributed by atoms with Crippen molar-refractivity contribution in [2.75, 3.05) is 20.5 Å². The monoisotopic (exact) mass is 449 g/mol. The van der Waals surface area contributed by atoms with Crippen LogP contribution in [0, 0.1) is 10.1 Å². The summed E-state index contributed by atoms with van der Waals surface area (Å²) in [5.41, 5.74) is 1.39. The van der Waals surface area contributed by atoms with E-state index in [1.54, 1.807) is 12.1 Å². The van der Waals surface area contributed by atoms with E-state index in [2.05, 4.69) is 0 Å². The van der Waals surface area contributed by atoms with Crippen molar-refractivity contribution in [2.45, 2.75) is 20.1 Å². The van der Waals surface area contributed by atoms with Gasteiger partial charge >= 0.3 is 5.97 Å². The van der Waals surface area contributed by atoms with Crippen molar-refractivity contribution < 1.29 is 33.4 Å². The molecule has 0 spiro atoms. The van der Waals surface area contributed by atoms with Crippen LogP contribution in [0.2, 0.25) is 5.02 Å². The summed E-state index contributed by atoms with van der Waals surface area (Å²) >= 11 is 6.20. The van der Waals surface area contributed by atoms with E-state index >= 15 is 0 Å². The van der Waals surface area contributed by atoms with Gasteiger partial charge < -0.3 is 23.7 Å². The highest BCUT2D eigenvalue weighted by atomic mass is 35.5. The summed E-state index contributed by atoms with van der Waals surface area (Å²) in [5, 5.41) is 11.5. The zero-order valence-electron chi connectivity index (χ0n) is 16.9. The topological polar surface area (TPSA) is 106 Å². The number of hydrogen-bond acceptors (Lipinski definition) is 8. The van der Waals surface area contributed by atoms with E-state index in [4.69, 9.17) is 35.3 Å². The van der Waals surface area contributed by atoms with Gasteiger partial charge in [0.15, 0.2) is 18.3 Å². The van der Waals surface area contributed by atoms with Crippen LogP contribution < -0.4 is 14.2 Å². The maximum Gasteiger partial charge on any atom is 0.331 e. The molecule has 0 saturated carbocycles. The maximum atomic E-state index is 12.2. The Labute approximate surface area is 183 Å². The third kappa shape index (κ3) is 5.44. The minimum absolute atomic E-state index is 0.0199. The molecule has 1 aliphatic rings. The number of benzene rings is 2. The number of carbonyl (C=O) groups is 1. The number of nitrogens with zero attached hydrogens (tertiary/aromatic N) is 1. The number of carbonyl (C=O) groups excluding carboxylic acids is 1. The Hall–Kier alpha value is -3.30. The lowest BCUT2D eigenvalue weighted by atomic mass is 10.1. The van der Waals surface area contributed by atoms with E-state index in [0.717, 1.165) is 0 Å². The second-order valence-corrected chi connectivity index (χ2v) is 6.78. The molecule has 0 unspecified atom stereocenters. The third-order valence-corrected chi connectivity index (χ3v) is 4.58. The summed E-state index contributed by atoms with van der Waals surface area (Å²) in [6, 6.07) is 6.00. The first-order valence-electron chi connectivity index (χ1n) is 9.28. The van der Waals surface area contributed by atoms with E-state index in [1.807, 2.05) is 6.92 Å². The van der Waals surface area contributed by atoms with Gasteiger partial charge in [0.2, 0.25) is 0 Å². The van der Waals surface area contributed by atoms with E-state index < -0.39 is 10.9 Å². The smallest absolute Gasteiger partial charge is 0.331 e. The van der Waals surface area contributed by atoms with Crippen molar-refractivity contribution in [1.82, 2.24) is 0 Å². The molecule has 0 saturated heterocycles. The van der Waals surface area contributed by atoms with Gasteiger partial charge in [-0.15, -0.1) is 0 Å². The predicted molar refractivity (Wildman–Crippen MR) is 111 cm³/mol. The minimum atomic E-state index is -0.641. The standard InChI is InChI=1S/C21H20ClNO8/c1-3-29-18-7-13(6-17(22)21(18)27-2)4-5-19(24)30-11-15-9-16(23(25)26)8-14-10-28-12-31-20(14)15/h4-9H,3,10-12H2,1-2H3. The fourth-order valence-electron chi connectivity index (χ4n) is 3.00. The molecular weight excluding hydrogens is 430 g/mol. The average Bonchev–Trinajstić information content (AvgIpc) is 2.76. The van der Waals surface area contributed by atoms with Crippen molar-refractivity contribution in [2.24, 2.45) is 0 Å². The summed E-state index contributed by atoms with van der Waals surface area (Å²) in [5.74, 6) is 0.643. The van der Waals surface area contributed by atoms with Crippen molar-refractivity contribution >= 4 is 29.3 Å². The number of rotatable bonds is 8. The number of ether oxygens (including phenoxy) is 5. The molecule has 10 heteroatoms. The fraction of sp³-hybridized carbons (Fsp3) is 0.286. The Morgan fingerprint density at radius 3 is 2.84 bits per heavy atom. The molecule has 0 bridgehead atoms. The van der Waals surface area contributed by atoms with E-state index in [0.29, 0.717) is 45.6 Å². The van der Waals surface area contributed by atoms with Gasteiger partial charge in [-0.05, 0) is 30.7 Å². The Kier molecular flexibility index (Phi) is 7.32. The molecule has 1 aliphatic heterocycles. The molecule has 0 atom stereocenters. The lowest BCUT2D eigenvalue weighted by Crippen LogP contribution is -2.14. The van der Waals surface area contributed by atoms with Crippen LogP contribution in [0.25, 0.3) is 6.08 Å². The number of methoxy groups -OCH3 is 1. The lowest BCUT2D eigenvalue weighted by Gasteiger charge is -2.20. The zero-order chi connectivity index (χ0) is 22.4. The van der Waals surface area contributed by atoms with Crippen LogP contribution in [0.3, 0.4) is 0 Å². The molecule has 164 valence electrons. The van der Waals surface area contributed by atoms with Gasteiger partial charge in [0.05, 0.1) is 30.3 Å². The SMILES string of the molecule is CCOc1cc(C=CC(=O)OCc2cc([N+](=O)[O-])cc3c2OCOC3)cc(Cl)c1OC. The van der Waals surface area contributed by atoms with E-state index in [1.165, 1.54) is 31.4 Å². The van der Waals surface area contributed by atoms with Crippen molar-refractivity contribution in [1.29, 1.82) is 0 Å². The quantitative estimate of drug-likeness (QED) is 0.254. The largest absolute Gasteiger partial charge is 0.491 e. The van der Waals surface area contributed by atoms with Gasteiger partial charge in [-0.1, -0.05) is 11.6 Å². The predicted octanol–water partition coefficient (Wildman–Crippen LogP) is 4.28. The number of hydrogen-bond donors (Lipinski definition) is 0. The molecule has 0 radical (unpaired) electrons. The number of fused-ring (bicyclic) bond motifs is 1. The number of esters is 1. The molecule has 0 fully saturated rings. The number of nitro groups is 1. The van der Waals surface area contributed by atoms with Crippen molar-refractivity contribution in [3.8, 4) is 17.2 Å². The van der Waals surface area contributed by atoms with E-state index in [-0.39, 0.29) is 25.7 Å². The van der Waals surface area contributed by atoms with Crippen LogP contribution in [0.4, 0.5) is 5.69 Å². The third-order valence-electron chi connectivity index (χ3n) is 4.30. The molecule has 2 aromatic rings. The zero-order valence-corrected chi connectivity index (χ0v) is 17.6. The molecule has 0 amide bonds. The molecule has 3 rings (SSSR count). The second-order valence-electron chi connectivity index (χ2n) is 6.37. The lowest BCUT2D eigenvalue weighted by molar-refractivity contribution is -0.385. The summed E-state index contributed by atoms with van der Waals surface area (Å²) in [6.45, 7) is 2.25. The molecular formula is C21H20ClNO8. The molecule has 31 heavy (non-hydrogen) atoms. The summed E-state index contributed by atoms with van der Waals surface area (Å²) in [7, 11) is 1.49. The Morgan fingerprint density at radius 1 is 1.32 bits per heavy atom. The molecule has 0 N–H and O–H groups in total. The van der Waals surface area contributed by atoms with Gasteiger partial charge in [0.25, 0.3) is 5.69 Å². The first-order chi connectivity index (χ1) is 14.9. The number of non-ortho nitro benzene ring substituents is 1. The van der Waals surface area contributed by atoms with Crippen molar-refractivity contribution in [3.05, 3.63) is 62.2 Å². The van der Waals surface area contributed by atoms with E-state index in [9.17, 15) is 14.9 Å². The van der Waals surface area contributed by atoms with Gasteiger partial charge in [-0.25, -0.2) is 4.79 Å². The molecule has 0 aromatic heterocycles. The minimum Gasteiger partial charge on any atom is -0.491 e. The molecule has 9 nitrogen and oxygen atoms in total. The first-order valence-corrected chi connectivity index (χ1v) is 9.66. The normalized spacial score (nSPS) is 12.7. The maximum absolute atomic E-state index is 12.2. The van der Waals surface area contributed by atoms with Crippen LogP contribution in [0.15, 0.2) is 30.3 Å². The van der Waals surface area contributed by atoms with Crippen LogP contribution in [0.1, 0.15) is 23.6 Å². The highest BCUT2D eigenvalue weighted by Gasteiger charge is 2.21. The Morgan fingerprint density at radius 2 is 2.13 bits per heavy atom. The summed E-state index contributed by atoms with van der Waals surface area (Å²) in [6.07, 6.45) is 2.74. The highest BCUT2D eigenvalue weighted by Crippen LogP contribution is 2.37. The van der Waals surface area contributed by atoms with Gasteiger partial charge in [0, 0.05) is 29.3 Å². The summed E-state index contributed by atoms with van der Waals surface area (Å²) in [4.78, 5) is 22.8. The second kappa shape index (κ2) is 10.1. The molecule has 2 aromatic carbocycles. The fourth-order valence-corrected chi connectivity index (χ4v) is 3.30. The molecule has 1 heterocycles. The van der Waals surface area contributed by atoms with Crippen LogP contribution in [0.5, 0.6) is 17.2 Å². The van der Waals surface area contributed by atoms with Gasteiger partial charge in [0.1, 0.15) is 12.4 Å². The highest BCUT2D eigenvalue weighted by molar-refractivity contribution is 6.32. The van der Waals surface area contributed by atoms with Crippen LogP contribution in [-0.4, -0.2) is 31.4 Å². The van der Waals surface area contributed by atoms with Crippen LogP contribution in [-0.2, 0) is 27.5 Å².